The van der Waals surface area contributed by atoms with E-state index in [1.54, 1.807) is 12.4 Å². The SMILES string of the molecule is CC/C=C/CC1=NC=C[N+]1(CCN)CC(=O)[O-]. The quantitative estimate of drug-likeness (QED) is 0.490. The smallest absolute Gasteiger partial charge is 0.211 e. The third kappa shape index (κ3) is 3.51. The predicted molar refractivity (Wildman–Crippen MR) is 64.7 cm³/mol. The third-order valence-electron chi connectivity index (χ3n) is 2.73. The molecule has 1 aliphatic heterocycles. The molecule has 0 aromatic carbocycles. The Morgan fingerprint density at radius 3 is 2.94 bits per heavy atom. The minimum Gasteiger partial charge on any atom is -0.544 e. The lowest BCUT2D eigenvalue weighted by molar-refractivity contribution is -0.780. The van der Waals surface area contributed by atoms with Crippen molar-refractivity contribution in [1.82, 2.24) is 0 Å². The summed E-state index contributed by atoms with van der Waals surface area (Å²) in [6.07, 6.45) is 9.07. The number of hydrogen-bond acceptors (Lipinski definition) is 4. The lowest BCUT2D eigenvalue weighted by Gasteiger charge is -2.32. The standard InChI is InChI=1S/C12H19N3O2/c1-2-3-4-5-11-14-7-9-15(11,8-6-13)10-12(16)17/h3-4,7,9H,2,5-6,8,10,13H2,1H3/b4-3+. The fraction of sp³-hybridized carbons (Fsp3) is 0.500. The highest BCUT2D eigenvalue weighted by Gasteiger charge is 2.33. The maximum absolute atomic E-state index is 10.8. The van der Waals surface area contributed by atoms with Crippen LogP contribution in [0.3, 0.4) is 0 Å². The first kappa shape index (κ1) is 13.6. The van der Waals surface area contributed by atoms with Crippen molar-refractivity contribution in [2.75, 3.05) is 19.6 Å². The van der Waals surface area contributed by atoms with Crippen molar-refractivity contribution >= 4 is 11.8 Å². The van der Waals surface area contributed by atoms with Gasteiger partial charge in [0.05, 0.1) is 18.6 Å². The van der Waals surface area contributed by atoms with Crippen LogP contribution in [0.5, 0.6) is 0 Å². The molecule has 0 bridgehead atoms. The molecule has 2 N–H and O–H groups in total. The van der Waals surface area contributed by atoms with Crippen molar-refractivity contribution in [3.8, 4) is 0 Å². The number of carboxylic acids is 1. The molecule has 0 aromatic rings. The monoisotopic (exact) mass is 237 g/mol. The molecule has 0 aliphatic carbocycles. The van der Waals surface area contributed by atoms with E-state index in [0.717, 1.165) is 12.3 Å². The first-order valence-electron chi connectivity index (χ1n) is 5.81. The highest BCUT2D eigenvalue weighted by atomic mass is 16.4. The number of aliphatic carboxylic acids is 1. The van der Waals surface area contributed by atoms with Gasteiger partial charge >= 0.3 is 0 Å². The van der Waals surface area contributed by atoms with E-state index in [2.05, 4.69) is 4.99 Å². The molecule has 0 fully saturated rings. The number of quaternary nitrogens is 1. The van der Waals surface area contributed by atoms with E-state index in [0.29, 0.717) is 19.5 Å². The summed E-state index contributed by atoms with van der Waals surface area (Å²) in [5.74, 6) is -0.276. The maximum Gasteiger partial charge on any atom is 0.211 e. The number of nitrogens with two attached hydrogens (primary N) is 1. The number of amidine groups is 1. The molecular weight excluding hydrogens is 218 g/mol. The number of carbonyl (C=O) groups excluding carboxylic acids is 1. The van der Waals surface area contributed by atoms with Crippen LogP contribution < -0.4 is 10.8 Å². The van der Waals surface area contributed by atoms with E-state index in [1.165, 1.54) is 0 Å². The first-order chi connectivity index (χ1) is 8.14. The summed E-state index contributed by atoms with van der Waals surface area (Å²) < 4.78 is 0.187. The van der Waals surface area contributed by atoms with Gasteiger partial charge in [0.15, 0.2) is 0 Å². The van der Waals surface area contributed by atoms with E-state index in [9.17, 15) is 9.90 Å². The van der Waals surface area contributed by atoms with Crippen LogP contribution in [0.25, 0.3) is 0 Å². The Bertz CT molecular complexity index is 361. The van der Waals surface area contributed by atoms with Gasteiger partial charge in [-0.1, -0.05) is 19.1 Å². The highest BCUT2D eigenvalue weighted by molar-refractivity contribution is 5.82. The van der Waals surface area contributed by atoms with Crippen molar-refractivity contribution < 1.29 is 14.4 Å². The summed E-state index contributed by atoms with van der Waals surface area (Å²) in [5, 5.41) is 10.8. The van der Waals surface area contributed by atoms with Crippen LogP contribution in [0.15, 0.2) is 29.5 Å². The number of carbonyl (C=O) groups is 1. The molecule has 1 heterocycles. The fourth-order valence-corrected chi connectivity index (χ4v) is 1.93. The van der Waals surface area contributed by atoms with Crippen molar-refractivity contribution in [1.29, 1.82) is 0 Å². The molecule has 1 unspecified atom stereocenters. The van der Waals surface area contributed by atoms with Gasteiger partial charge in [-0.3, -0.25) is 0 Å². The zero-order chi connectivity index (χ0) is 12.7. The lowest BCUT2D eigenvalue weighted by Crippen LogP contribution is -2.54. The molecular formula is C12H19N3O2. The van der Waals surface area contributed by atoms with Crippen LogP contribution >= 0.6 is 0 Å². The molecule has 0 spiro atoms. The van der Waals surface area contributed by atoms with Crippen LogP contribution in [-0.4, -0.2) is 35.9 Å². The van der Waals surface area contributed by atoms with Gasteiger partial charge in [-0.2, -0.15) is 0 Å². The average molecular weight is 237 g/mol. The second kappa shape index (κ2) is 6.32. The number of nitrogens with zero attached hydrogens (tertiary/aromatic N) is 2. The third-order valence-corrected chi connectivity index (χ3v) is 2.73. The minimum absolute atomic E-state index is 0.105. The summed E-state index contributed by atoms with van der Waals surface area (Å²) in [6.45, 7) is 2.89. The van der Waals surface area contributed by atoms with Gasteiger partial charge < -0.3 is 15.6 Å². The number of aliphatic imine (C=N–C) groups is 1. The molecule has 5 heteroatoms. The molecule has 0 saturated carbocycles. The maximum atomic E-state index is 10.8. The summed E-state index contributed by atoms with van der Waals surface area (Å²) in [6, 6.07) is 0. The van der Waals surface area contributed by atoms with Crippen molar-refractivity contribution in [3.63, 3.8) is 0 Å². The van der Waals surface area contributed by atoms with Gasteiger partial charge in [0.25, 0.3) is 0 Å². The van der Waals surface area contributed by atoms with Crippen LogP contribution in [0.4, 0.5) is 0 Å². The molecule has 0 aromatic heterocycles. The topological polar surface area (TPSA) is 78.5 Å². The number of carboxylic acid groups (broad SMARTS) is 1. The minimum atomic E-state index is -1.09. The van der Waals surface area contributed by atoms with Crippen molar-refractivity contribution in [2.45, 2.75) is 19.8 Å². The zero-order valence-corrected chi connectivity index (χ0v) is 10.1. The summed E-state index contributed by atoms with van der Waals surface area (Å²) in [5.41, 5.74) is 5.55. The summed E-state index contributed by atoms with van der Waals surface area (Å²) >= 11 is 0. The van der Waals surface area contributed by atoms with Gasteiger partial charge in [0.2, 0.25) is 5.84 Å². The molecule has 0 saturated heterocycles. The van der Waals surface area contributed by atoms with E-state index in [1.807, 2.05) is 19.1 Å². The molecule has 5 nitrogen and oxygen atoms in total. The number of allylic oxidation sites excluding steroid dienone is 1. The first-order valence-corrected chi connectivity index (χ1v) is 5.81. The fourth-order valence-electron chi connectivity index (χ4n) is 1.93. The van der Waals surface area contributed by atoms with E-state index < -0.39 is 5.97 Å². The van der Waals surface area contributed by atoms with Crippen molar-refractivity contribution in [2.24, 2.45) is 10.7 Å². The van der Waals surface area contributed by atoms with Gasteiger partial charge in [-0.25, -0.2) is 9.48 Å². The predicted octanol–water partition coefficient (Wildman–Crippen LogP) is -0.249. The van der Waals surface area contributed by atoms with E-state index in [-0.39, 0.29) is 11.0 Å². The molecule has 1 aliphatic rings. The number of rotatable bonds is 7. The van der Waals surface area contributed by atoms with Gasteiger partial charge in [0.1, 0.15) is 19.3 Å². The average Bonchev–Trinajstić information content (AvgIpc) is 2.61. The van der Waals surface area contributed by atoms with E-state index >= 15 is 0 Å². The Morgan fingerprint density at radius 2 is 2.35 bits per heavy atom. The Balaban J connectivity index is 2.80. The van der Waals surface area contributed by atoms with Gasteiger partial charge in [0, 0.05) is 6.54 Å². The Hall–Kier alpha value is -1.46. The Kier molecular flexibility index (Phi) is 5.06. The molecule has 1 rings (SSSR count). The Morgan fingerprint density at radius 1 is 1.59 bits per heavy atom. The van der Waals surface area contributed by atoms with Crippen LogP contribution in [-0.2, 0) is 4.79 Å². The van der Waals surface area contributed by atoms with Gasteiger partial charge in [-0.05, 0) is 6.42 Å². The molecule has 94 valence electrons. The van der Waals surface area contributed by atoms with Crippen LogP contribution in [0.1, 0.15) is 19.8 Å². The molecule has 0 amide bonds. The normalized spacial score (nSPS) is 23.3. The largest absolute Gasteiger partial charge is 0.544 e. The second-order valence-electron chi connectivity index (χ2n) is 4.00. The highest BCUT2D eigenvalue weighted by Crippen LogP contribution is 2.18. The molecule has 1 atom stereocenters. The van der Waals surface area contributed by atoms with Crippen LogP contribution in [0.2, 0.25) is 0 Å². The van der Waals surface area contributed by atoms with Gasteiger partial charge in [-0.15, -0.1) is 0 Å². The zero-order valence-electron chi connectivity index (χ0n) is 10.1. The van der Waals surface area contributed by atoms with E-state index in [4.69, 9.17) is 5.73 Å². The number of hydrogen-bond donors (Lipinski definition) is 1. The van der Waals surface area contributed by atoms with Crippen LogP contribution in [0, 0.1) is 0 Å². The summed E-state index contributed by atoms with van der Waals surface area (Å²) in [7, 11) is 0. The lowest BCUT2D eigenvalue weighted by atomic mass is 10.2. The molecule has 0 radical (unpaired) electrons. The Labute approximate surface area is 102 Å². The summed E-state index contributed by atoms with van der Waals surface area (Å²) in [4.78, 5) is 15.1. The second-order valence-corrected chi connectivity index (χ2v) is 4.00. The van der Waals surface area contributed by atoms with Crippen molar-refractivity contribution in [3.05, 3.63) is 24.6 Å². The molecule has 17 heavy (non-hydrogen) atoms.